The van der Waals surface area contributed by atoms with E-state index in [1.165, 1.54) is 17.6 Å². The molecule has 1 aromatic heterocycles. The number of nitrogens with zero attached hydrogens (tertiary/aromatic N) is 1. The van der Waals surface area contributed by atoms with Crippen LogP contribution in [0.4, 0.5) is 19.0 Å². The number of hydrogen-bond donors (Lipinski definition) is 9. The summed E-state index contributed by atoms with van der Waals surface area (Å²) < 4.78 is 42.3. The highest BCUT2D eigenvalue weighted by molar-refractivity contribution is 5.94. The van der Waals surface area contributed by atoms with Gasteiger partial charge in [0.25, 0.3) is 5.91 Å². The fourth-order valence-electron chi connectivity index (χ4n) is 4.96. The van der Waals surface area contributed by atoms with Gasteiger partial charge >= 0.3 is 18.1 Å². The number of amides is 7. The van der Waals surface area contributed by atoms with Gasteiger partial charge in [-0.3, -0.25) is 49.2 Å². The Bertz CT molecular complexity index is 1480. The maximum atomic E-state index is 13.0. The van der Waals surface area contributed by atoms with Crippen LogP contribution in [0, 0.1) is 0 Å². The molecule has 19 nitrogen and oxygen atoms in total. The molecular weight excluding hydrogens is 787 g/mol. The van der Waals surface area contributed by atoms with Crippen LogP contribution in [0.15, 0.2) is 18.3 Å². The number of ether oxygens (including phenoxy) is 1. The zero-order chi connectivity index (χ0) is 43.9. The van der Waals surface area contributed by atoms with Crippen molar-refractivity contribution in [2.24, 2.45) is 0 Å². The second kappa shape index (κ2) is 30.5. The van der Waals surface area contributed by atoms with Crippen molar-refractivity contribution in [2.75, 3.05) is 51.4 Å². The van der Waals surface area contributed by atoms with E-state index in [1.54, 1.807) is 0 Å². The van der Waals surface area contributed by atoms with Crippen LogP contribution in [-0.2, 0) is 38.3 Å². The Labute approximate surface area is 340 Å². The molecule has 0 saturated heterocycles. The second-order valence-corrected chi connectivity index (χ2v) is 13.2. The van der Waals surface area contributed by atoms with Crippen LogP contribution in [0.3, 0.4) is 0 Å². The van der Waals surface area contributed by atoms with Crippen molar-refractivity contribution >= 4 is 53.1 Å². The Morgan fingerprint density at radius 2 is 1.27 bits per heavy atom. The molecule has 0 saturated carbocycles. The number of hydrazine groups is 1. The predicted molar refractivity (Wildman–Crippen MR) is 207 cm³/mol. The second-order valence-electron chi connectivity index (χ2n) is 13.2. The van der Waals surface area contributed by atoms with E-state index in [1.807, 2.05) is 12.3 Å². The summed E-state index contributed by atoms with van der Waals surface area (Å²) in [7, 11) is 0. The number of alkyl halides is 3. The van der Waals surface area contributed by atoms with E-state index in [0.717, 1.165) is 19.0 Å². The van der Waals surface area contributed by atoms with Crippen LogP contribution in [-0.4, -0.2) is 116 Å². The summed E-state index contributed by atoms with van der Waals surface area (Å²) in [6.45, 7) is 4.24. The molecule has 0 aromatic carbocycles. The molecule has 0 aliphatic carbocycles. The topological polar surface area (TPSA) is 275 Å². The smallest absolute Gasteiger partial charge is 0.472 e. The molecule has 332 valence electrons. The molecule has 59 heavy (non-hydrogen) atoms. The van der Waals surface area contributed by atoms with Gasteiger partial charge < -0.3 is 41.7 Å². The predicted octanol–water partition coefficient (Wildman–Crippen LogP) is 1.35. The first-order valence-corrected chi connectivity index (χ1v) is 19.7. The number of carbonyl (C=O) groups excluding carboxylic acids is 7. The van der Waals surface area contributed by atoms with E-state index in [4.69, 9.17) is 9.84 Å². The van der Waals surface area contributed by atoms with Gasteiger partial charge in [-0.2, -0.15) is 13.2 Å². The molecule has 0 radical (unpaired) electrons. The first-order valence-electron chi connectivity index (χ1n) is 19.7. The van der Waals surface area contributed by atoms with Crippen LogP contribution < -0.4 is 42.8 Å². The van der Waals surface area contributed by atoms with Gasteiger partial charge in [0.15, 0.2) is 0 Å². The van der Waals surface area contributed by atoms with Crippen molar-refractivity contribution in [1.29, 1.82) is 0 Å². The van der Waals surface area contributed by atoms with Crippen LogP contribution in [0.2, 0.25) is 0 Å². The monoisotopic (exact) mass is 845 g/mol. The normalized spacial score (nSPS) is 11.4. The third kappa shape index (κ3) is 26.9. The third-order valence-electron chi connectivity index (χ3n) is 8.12. The van der Waals surface area contributed by atoms with E-state index < -0.39 is 41.8 Å². The number of unbranched alkanes of at least 4 members (excludes halogenated alkanes) is 4. The van der Waals surface area contributed by atoms with Gasteiger partial charge in [-0.25, -0.2) is 4.98 Å². The van der Waals surface area contributed by atoms with E-state index >= 15 is 0 Å². The molecule has 7 amide bonds. The summed E-state index contributed by atoms with van der Waals surface area (Å²) in [6.07, 6.45) is 1.30. The Morgan fingerprint density at radius 1 is 0.678 bits per heavy atom. The number of carboxylic acid groups (broad SMARTS) is 1. The van der Waals surface area contributed by atoms with Gasteiger partial charge in [0.05, 0.1) is 12.0 Å². The number of nitrogens with one attached hydrogen (secondary N) is 8. The standard InChI is InChI=1S/C37H58F3N9O10/c1-2-23-59-24-9-20-44-35(57)27(47-32(53)11-6-4-8-18-41-29(50)10-5-3-7-19-42-31(52)16-17-33(54)55)13-15-30(51)43-21-22-45-34(56)26-12-14-28(46-25-26)48-49-36(58)37(38,39)40/h12,14,25,27H,2-11,13,15-24H2,1H3,(H,41,50)(H,42,52)(H,43,51)(H,44,57)(H,45,56)(H,46,48)(H,47,53)(H,49,58)(H,54,55)/t27-/m0/s1. The van der Waals surface area contributed by atoms with Crippen molar-refractivity contribution in [1.82, 2.24) is 42.3 Å². The average molecular weight is 846 g/mol. The minimum atomic E-state index is -5.09. The van der Waals surface area contributed by atoms with Crippen molar-refractivity contribution in [3.05, 3.63) is 23.9 Å². The summed E-state index contributed by atoms with van der Waals surface area (Å²) in [5.41, 5.74) is 3.48. The van der Waals surface area contributed by atoms with Crippen LogP contribution in [0.5, 0.6) is 0 Å². The van der Waals surface area contributed by atoms with Crippen LogP contribution in [0.1, 0.15) is 107 Å². The molecular formula is C37H58F3N9O10. The molecule has 0 fully saturated rings. The Morgan fingerprint density at radius 3 is 1.88 bits per heavy atom. The maximum Gasteiger partial charge on any atom is 0.472 e. The maximum absolute atomic E-state index is 13.0. The van der Waals surface area contributed by atoms with Crippen molar-refractivity contribution in [3.63, 3.8) is 0 Å². The number of rotatable bonds is 32. The molecule has 1 aromatic rings. The highest BCUT2D eigenvalue weighted by atomic mass is 19.4. The fraction of sp³-hybridized carbons (Fsp3) is 0.649. The number of aromatic nitrogens is 1. The van der Waals surface area contributed by atoms with E-state index in [-0.39, 0.29) is 74.3 Å². The molecule has 0 aliphatic rings. The van der Waals surface area contributed by atoms with Crippen molar-refractivity contribution < 1.29 is 61.4 Å². The molecule has 0 bridgehead atoms. The number of aliphatic carboxylic acids is 1. The largest absolute Gasteiger partial charge is 0.481 e. The van der Waals surface area contributed by atoms with E-state index in [9.17, 15) is 51.5 Å². The molecule has 1 rings (SSSR count). The molecule has 22 heteroatoms. The lowest BCUT2D eigenvalue weighted by Gasteiger charge is -2.18. The molecule has 0 unspecified atom stereocenters. The van der Waals surface area contributed by atoms with E-state index in [0.29, 0.717) is 77.8 Å². The SMILES string of the molecule is CCCOCCCNC(=O)[C@H](CCC(=O)NCCNC(=O)c1ccc(NNC(=O)C(F)(F)F)nc1)NC(=O)CCCCCNC(=O)CCCCCNC(=O)CCC(=O)O. The van der Waals surface area contributed by atoms with Gasteiger partial charge in [0.2, 0.25) is 29.5 Å². The van der Waals surface area contributed by atoms with E-state index in [2.05, 4.69) is 36.9 Å². The summed E-state index contributed by atoms with van der Waals surface area (Å²) in [5.74, 6) is -5.65. The van der Waals surface area contributed by atoms with Gasteiger partial charge in [0, 0.05) is 77.8 Å². The van der Waals surface area contributed by atoms with Gasteiger partial charge in [-0.15, -0.1) is 0 Å². The number of halogens is 3. The van der Waals surface area contributed by atoms with Crippen molar-refractivity contribution in [2.45, 2.75) is 109 Å². The number of anilines is 1. The quantitative estimate of drug-likeness (QED) is 0.0367. The first kappa shape index (κ1) is 51.5. The third-order valence-corrected chi connectivity index (χ3v) is 8.12. The molecule has 9 N–H and O–H groups in total. The van der Waals surface area contributed by atoms with Gasteiger partial charge in [-0.1, -0.05) is 19.8 Å². The summed E-state index contributed by atoms with van der Waals surface area (Å²) in [5, 5.41) is 24.7. The Kier molecular flexibility index (Phi) is 26.6. The Balaban J connectivity index is 2.39. The lowest BCUT2D eigenvalue weighted by atomic mass is 10.1. The lowest BCUT2D eigenvalue weighted by Crippen LogP contribution is -2.47. The summed E-state index contributed by atoms with van der Waals surface area (Å²) >= 11 is 0. The number of pyridine rings is 1. The van der Waals surface area contributed by atoms with Crippen LogP contribution >= 0.6 is 0 Å². The zero-order valence-electron chi connectivity index (χ0n) is 33.4. The summed E-state index contributed by atoms with van der Waals surface area (Å²) in [6, 6.07) is 1.46. The Hall–Kier alpha value is -5.54. The molecule has 1 heterocycles. The zero-order valence-corrected chi connectivity index (χ0v) is 33.4. The minimum absolute atomic E-state index is 0.00500. The minimum Gasteiger partial charge on any atom is -0.481 e. The van der Waals surface area contributed by atoms with Crippen molar-refractivity contribution in [3.8, 4) is 0 Å². The highest BCUT2D eigenvalue weighted by Gasteiger charge is 2.38. The molecule has 1 atom stereocenters. The first-order chi connectivity index (χ1) is 28.1. The number of carbonyl (C=O) groups is 8. The number of hydrogen-bond acceptors (Lipinski definition) is 11. The highest BCUT2D eigenvalue weighted by Crippen LogP contribution is 2.14. The molecule has 0 spiro atoms. The average Bonchev–Trinajstić information content (AvgIpc) is 3.19. The van der Waals surface area contributed by atoms with Crippen LogP contribution in [0.25, 0.3) is 0 Å². The lowest BCUT2D eigenvalue weighted by molar-refractivity contribution is -0.173. The van der Waals surface area contributed by atoms with Gasteiger partial charge in [-0.05, 0) is 57.1 Å². The van der Waals surface area contributed by atoms with Gasteiger partial charge in [0.1, 0.15) is 11.9 Å². The number of carboxylic acids is 1. The fourth-order valence-corrected chi connectivity index (χ4v) is 4.96. The molecule has 0 aliphatic heterocycles. The summed E-state index contributed by atoms with van der Waals surface area (Å²) in [4.78, 5) is 99.4.